The van der Waals surface area contributed by atoms with Crippen molar-refractivity contribution in [3.8, 4) is 0 Å². The summed E-state index contributed by atoms with van der Waals surface area (Å²) in [5, 5.41) is 9.52. The number of aliphatic carboxylic acids is 1. The number of likely N-dealkylation sites (tertiary alicyclic amines) is 1. The molecule has 6 heteroatoms. The van der Waals surface area contributed by atoms with Gasteiger partial charge in [0, 0.05) is 18.9 Å². The molecule has 120 valence electrons. The van der Waals surface area contributed by atoms with E-state index in [1.165, 1.54) is 4.90 Å². The van der Waals surface area contributed by atoms with Crippen molar-refractivity contribution < 1.29 is 19.4 Å². The molecular weight excluding hydrogens is 284 g/mol. The zero-order chi connectivity index (χ0) is 16.3. The molecule has 0 spiro atoms. The number of carboxylic acids is 1. The second-order valence-electron chi connectivity index (χ2n) is 6.57. The molecular formula is C16H22N2O4. The minimum absolute atomic E-state index is 0.118. The number of hydrogen-bond acceptors (Lipinski definition) is 4. The molecule has 1 fully saturated rings. The van der Waals surface area contributed by atoms with E-state index in [-0.39, 0.29) is 5.92 Å². The van der Waals surface area contributed by atoms with Crippen LogP contribution in [0.1, 0.15) is 32.8 Å². The van der Waals surface area contributed by atoms with Crippen molar-refractivity contribution in [2.24, 2.45) is 5.92 Å². The third-order valence-corrected chi connectivity index (χ3v) is 3.65. The lowest BCUT2D eigenvalue weighted by molar-refractivity contribution is -0.143. The molecule has 2 rings (SSSR count). The summed E-state index contributed by atoms with van der Waals surface area (Å²) in [6.07, 6.45) is 4.08. The number of carboxylic acid groups (broad SMARTS) is 1. The van der Waals surface area contributed by atoms with Gasteiger partial charge < -0.3 is 9.84 Å². The number of carbonyl (C=O) groups excluding carboxylic acids is 1. The van der Waals surface area contributed by atoms with E-state index in [2.05, 4.69) is 4.98 Å². The molecule has 2 unspecified atom stereocenters. The Morgan fingerprint density at radius 2 is 2.00 bits per heavy atom. The Kier molecular flexibility index (Phi) is 4.68. The Labute approximate surface area is 130 Å². The molecule has 0 radical (unpaired) electrons. The average molecular weight is 306 g/mol. The van der Waals surface area contributed by atoms with Crippen LogP contribution >= 0.6 is 0 Å². The molecule has 2 atom stereocenters. The van der Waals surface area contributed by atoms with Crippen molar-refractivity contribution >= 4 is 12.1 Å². The molecule has 1 aromatic heterocycles. The van der Waals surface area contributed by atoms with E-state index in [9.17, 15) is 14.7 Å². The van der Waals surface area contributed by atoms with E-state index in [4.69, 9.17) is 4.74 Å². The van der Waals surface area contributed by atoms with Crippen LogP contribution in [0.4, 0.5) is 4.79 Å². The van der Waals surface area contributed by atoms with Gasteiger partial charge in [-0.05, 0) is 57.2 Å². The van der Waals surface area contributed by atoms with Gasteiger partial charge in [0.25, 0.3) is 0 Å². The van der Waals surface area contributed by atoms with Crippen molar-refractivity contribution in [2.75, 3.05) is 6.54 Å². The summed E-state index contributed by atoms with van der Waals surface area (Å²) in [4.78, 5) is 29.1. The zero-order valence-electron chi connectivity index (χ0n) is 13.2. The first-order valence-electron chi connectivity index (χ1n) is 7.39. The summed E-state index contributed by atoms with van der Waals surface area (Å²) in [6, 6.07) is 2.90. The molecule has 1 saturated heterocycles. The number of carbonyl (C=O) groups is 2. The van der Waals surface area contributed by atoms with Crippen LogP contribution in [-0.4, -0.2) is 45.2 Å². The smallest absolute Gasteiger partial charge is 0.411 e. The van der Waals surface area contributed by atoms with E-state index in [0.29, 0.717) is 19.4 Å². The van der Waals surface area contributed by atoms with Crippen LogP contribution in [-0.2, 0) is 16.0 Å². The van der Waals surface area contributed by atoms with Gasteiger partial charge in [0.05, 0.1) is 0 Å². The van der Waals surface area contributed by atoms with Crippen LogP contribution in [0.25, 0.3) is 0 Å². The van der Waals surface area contributed by atoms with Crippen LogP contribution in [0.5, 0.6) is 0 Å². The van der Waals surface area contributed by atoms with E-state index in [1.807, 2.05) is 12.1 Å². The topological polar surface area (TPSA) is 79.7 Å². The van der Waals surface area contributed by atoms with Crippen LogP contribution in [0, 0.1) is 5.92 Å². The first kappa shape index (κ1) is 16.3. The Balaban J connectivity index is 2.11. The summed E-state index contributed by atoms with van der Waals surface area (Å²) < 4.78 is 5.31. The maximum Gasteiger partial charge on any atom is 0.411 e. The third kappa shape index (κ3) is 3.96. The maximum absolute atomic E-state index is 12.2. The number of amides is 1. The summed E-state index contributed by atoms with van der Waals surface area (Å²) in [5.74, 6) is -1.10. The van der Waals surface area contributed by atoms with E-state index < -0.39 is 23.7 Å². The molecule has 0 saturated carbocycles. The van der Waals surface area contributed by atoms with E-state index >= 15 is 0 Å². The van der Waals surface area contributed by atoms with Gasteiger partial charge in [0.2, 0.25) is 0 Å². The van der Waals surface area contributed by atoms with Gasteiger partial charge in [-0.25, -0.2) is 9.59 Å². The van der Waals surface area contributed by atoms with Crippen molar-refractivity contribution in [1.82, 2.24) is 9.88 Å². The lowest BCUT2D eigenvalue weighted by Gasteiger charge is -2.28. The first-order valence-corrected chi connectivity index (χ1v) is 7.39. The van der Waals surface area contributed by atoms with E-state index in [1.54, 1.807) is 33.2 Å². The summed E-state index contributed by atoms with van der Waals surface area (Å²) in [5.41, 5.74) is 0.390. The number of nitrogens with zero attached hydrogens (tertiary/aromatic N) is 2. The third-order valence-electron chi connectivity index (χ3n) is 3.65. The number of ether oxygens (including phenoxy) is 1. The molecule has 1 aromatic rings. The van der Waals surface area contributed by atoms with Crippen molar-refractivity contribution in [2.45, 2.75) is 45.3 Å². The number of pyridine rings is 1. The van der Waals surface area contributed by atoms with Crippen molar-refractivity contribution in [1.29, 1.82) is 0 Å². The summed E-state index contributed by atoms with van der Waals surface area (Å²) in [6.45, 7) is 5.71. The second-order valence-corrected chi connectivity index (χ2v) is 6.57. The molecule has 1 amide bonds. The van der Waals surface area contributed by atoms with Crippen LogP contribution in [0.15, 0.2) is 24.5 Å². The van der Waals surface area contributed by atoms with Crippen molar-refractivity contribution in [3.05, 3.63) is 30.1 Å². The standard InChI is InChI=1S/C16H22N2O4/c1-16(2,3)22-15(21)18-9-6-12(13(18)14(19)20)10-11-4-7-17-8-5-11/h4-5,7-8,12-13H,6,9-10H2,1-3H3,(H,19,20). The largest absolute Gasteiger partial charge is 0.480 e. The van der Waals surface area contributed by atoms with Gasteiger partial charge in [0.15, 0.2) is 0 Å². The Hall–Kier alpha value is -2.11. The molecule has 0 aliphatic carbocycles. The Bertz CT molecular complexity index is 539. The number of rotatable bonds is 3. The Morgan fingerprint density at radius 1 is 1.36 bits per heavy atom. The highest BCUT2D eigenvalue weighted by molar-refractivity contribution is 5.81. The van der Waals surface area contributed by atoms with Crippen LogP contribution in [0.2, 0.25) is 0 Å². The summed E-state index contributed by atoms with van der Waals surface area (Å²) >= 11 is 0. The van der Waals surface area contributed by atoms with E-state index in [0.717, 1.165) is 5.56 Å². The molecule has 0 aromatic carbocycles. The van der Waals surface area contributed by atoms with Gasteiger partial charge in [0.1, 0.15) is 11.6 Å². The second kappa shape index (κ2) is 6.34. The quantitative estimate of drug-likeness (QED) is 0.927. The molecule has 0 bridgehead atoms. The van der Waals surface area contributed by atoms with Gasteiger partial charge in [-0.3, -0.25) is 9.88 Å². The number of aromatic nitrogens is 1. The average Bonchev–Trinajstić information content (AvgIpc) is 2.82. The van der Waals surface area contributed by atoms with Crippen LogP contribution in [0.3, 0.4) is 0 Å². The number of hydrogen-bond donors (Lipinski definition) is 1. The monoisotopic (exact) mass is 306 g/mol. The molecule has 1 N–H and O–H groups in total. The van der Waals surface area contributed by atoms with Gasteiger partial charge in [-0.15, -0.1) is 0 Å². The lowest BCUT2D eigenvalue weighted by atomic mass is 9.93. The minimum atomic E-state index is -0.984. The SMILES string of the molecule is CC(C)(C)OC(=O)N1CCC(Cc2ccncc2)C1C(=O)O. The normalized spacial score (nSPS) is 21.7. The first-order chi connectivity index (χ1) is 10.3. The maximum atomic E-state index is 12.2. The highest BCUT2D eigenvalue weighted by Gasteiger charge is 2.43. The molecule has 2 heterocycles. The van der Waals surface area contributed by atoms with Gasteiger partial charge >= 0.3 is 12.1 Å². The molecule has 1 aliphatic rings. The molecule has 1 aliphatic heterocycles. The predicted octanol–water partition coefficient (Wildman–Crippen LogP) is 2.33. The van der Waals surface area contributed by atoms with Crippen molar-refractivity contribution in [3.63, 3.8) is 0 Å². The fraction of sp³-hybridized carbons (Fsp3) is 0.562. The predicted molar refractivity (Wildman–Crippen MR) is 80.4 cm³/mol. The Morgan fingerprint density at radius 3 is 2.55 bits per heavy atom. The highest BCUT2D eigenvalue weighted by atomic mass is 16.6. The molecule has 22 heavy (non-hydrogen) atoms. The highest BCUT2D eigenvalue weighted by Crippen LogP contribution is 2.29. The zero-order valence-corrected chi connectivity index (χ0v) is 13.2. The van der Waals surface area contributed by atoms with Gasteiger partial charge in [-0.2, -0.15) is 0 Å². The lowest BCUT2D eigenvalue weighted by Crippen LogP contribution is -2.45. The fourth-order valence-electron chi connectivity index (χ4n) is 2.75. The molecule has 6 nitrogen and oxygen atoms in total. The minimum Gasteiger partial charge on any atom is -0.480 e. The van der Waals surface area contributed by atoms with Gasteiger partial charge in [-0.1, -0.05) is 0 Å². The summed E-state index contributed by atoms with van der Waals surface area (Å²) in [7, 11) is 0. The fourth-order valence-corrected chi connectivity index (χ4v) is 2.75. The van der Waals surface area contributed by atoms with Crippen LogP contribution < -0.4 is 0 Å².